The van der Waals surface area contributed by atoms with Crippen LogP contribution >= 0.6 is 0 Å². The average Bonchev–Trinajstić information content (AvgIpc) is 2.79. The van der Waals surface area contributed by atoms with Gasteiger partial charge in [-0.15, -0.1) is 0 Å². The Morgan fingerprint density at radius 3 is 2.50 bits per heavy atom. The number of rotatable bonds is 4. The summed E-state index contributed by atoms with van der Waals surface area (Å²) in [6.45, 7) is 0.448. The molecular weight excluding hydrogens is 374 g/mol. The Hall–Kier alpha value is -3.99. The molecule has 0 atom stereocenters. The van der Waals surface area contributed by atoms with E-state index < -0.39 is 0 Å². The van der Waals surface area contributed by atoms with Crippen molar-refractivity contribution < 1.29 is 5.11 Å². The van der Waals surface area contributed by atoms with Crippen molar-refractivity contribution in [3.8, 4) is 16.9 Å². The lowest BCUT2D eigenvalue weighted by Gasteiger charge is -2.10. The molecular formula is C25H19N3O2. The molecule has 5 heteroatoms. The number of para-hydroxylation sites is 1. The number of hydrogen-bond acceptors (Lipinski definition) is 4. The molecule has 0 unspecified atom stereocenters. The van der Waals surface area contributed by atoms with Gasteiger partial charge in [-0.25, -0.2) is 4.68 Å². The fourth-order valence-corrected chi connectivity index (χ4v) is 3.74. The monoisotopic (exact) mass is 393 g/mol. The summed E-state index contributed by atoms with van der Waals surface area (Å²) in [5.41, 5.74) is 3.46. The minimum Gasteiger partial charge on any atom is -0.508 e. The number of hydrogen-bond donors (Lipinski definition) is 1. The summed E-state index contributed by atoms with van der Waals surface area (Å²) < 4.78 is 1.50. The van der Waals surface area contributed by atoms with Crippen LogP contribution in [0.2, 0.25) is 0 Å². The second-order valence-corrected chi connectivity index (χ2v) is 7.23. The van der Waals surface area contributed by atoms with Crippen LogP contribution in [0.3, 0.4) is 0 Å². The van der Waals surface area contributed by atoms with Gasteiger partial charge in [0.15, 0.2) is 0 Å². The Morgan fingerprint density at radius 1 is 0.833 bits per heavy atom. The van der Waals surface area contributed by atoms with Crippen LogP contribution in [0.4, 0.5) is 0 Å². The van der Waals surface area contributed by atoms with E-state index in [9.17, 15) is 9.90 Å². The maximum absolute atomic E-state index is 13.3. The van der Waals surface area contributed by atoms with Gasteiger partial charge in [0, 0.05) is 22.9 Å². The summed E-state index contributed by atoms with van der Waals surface area (Å²) in [4.78, 5) is 17.9. The molecule has 2 aromatic heterocycles. The van der Waals surface area contributed by atoms with E-state index in [2.05, 4.69) is 16.1 Å². The molecule has 0 aliphatic heterocycles. The minimum absolute atomic E-state index is 0.128. The molecule has 146 valence electrons. The van der Waals surface area contributed by atoms with Gasteiger partial charge >= 0.3 is 0 Å². The van der Waals surface area contributed by atoms with Gasteiger partial charge in [-0.1, -0.05) is 54.6 Å². The van der Waals surface area contributed by atoms with Crippen molar-refractivity contribution in [2.75, 3.05) is 0 Å². The third-order valence-corrected chi connectivity index (χ3v) is 5.30. The summed E-state index contributed by atoms with van der Waals surface area (Å²) in [5.74, 6) is 0.195. The molecule has 2 heterocycles. The van der Waals surface area contributed by atoms with Crippen LogP contribution < -0.4 is 5.56 Å². The highest BCUT2D eigenvalue weighted by Gasteiger charge is 2.11. The van der Waals surface area contributed by atoms with E-state index in [4.69, 9.17) is 0 Å². The molecule has 3 aromatic carbocycles. The van der Waals surface area contributed by atoms with Crippen LogP contribution in [-0.4, -0.2) is 19.9 Å². The number of phenols is 1. The first-order valence-corrected chi connectivity index (χ1v) is 9.82. The van der Waals surface area contributed by atoms with E-state index in [0.717, 1.165) is 33.1 Å². The number of aryl methyl sites for hydroxylation is 2. The SMILES string of the molecule is O=c1c2c(-c3ccc(O)cc3)cccc2cnn1CCc1ccc2ccccc2n1. The summed E-state index contributed by atoms with van der Waals surface area (Å²) in [6.07, 6.45) is 2.35. The first kappa shape index (κ1) is 18.1. The van der Waals surface area contributed by atoms with Crippen molar-refractivity contribution in [3.63, 3.8) is 0 Å². The Balaban J connectivity index is 1.51. The van der Waals surface area contributed by atoms with E-state index >= 15 is 0 Å². The highest BCUT2D eigenvalue weighted by Crippen LogP contribution is 2.27. The second kappa shape index (κ2) is 7.44. The lowest BCUT2D eigenvalue weighted by Crippen LogP contribution is -2.24. The summed E-state index contributed by atoms with van der Waals surface area (Å²) in [7, 11) is 0. The lowest BCUT2D eigenvalue weighted by atomic mass is 10.00. The molecule has 0 aliphatic rings. The number of fused-ring (bicyclic) bond motifs is 2. The highest BCUT2D eigenvalue weighted by atomic mass is 16.3. The van der Waals surface area contributed by atoms with Crippen molar-refractivity contribution in [1.82, 2.24) is 14.8 Å². The van der Waals surface area contributed by atoms with Gasteiger partial charge in [0.25, 0.3) is 5.56 Å². The maximum atomic E-state index is 13.3. The zero-order chi connectivity index (χ0) is 20.5. The van der Waals surface area contributed by atoms with E-state index in [0.29, 0.717) is 18.4 Å². The molecule has 0 saturated carbocycles. The van der Waals surface area contributed by atoms with Gasteiger partial charge in [-0.3, -0.25) is 9.78 Å². The first-order chi connectivity index (χ1) is 14.7. The quantitative estimate of drug-likeness (QED) is 0.486. The fourth-order valence-electron chi connectivity index (χ4n) is 3.74. The molecule has 0 spiro atoms. The number of pyridine rings is 1. The molecule has 0 saturated heterocycles. The number of nitrogens with zero attached hydrogens (tertiary/aromatic N) is 3. The van der Waals surface area contributed by atoms with Crippen molar-refractivity contribution in [2.24, 2.45) is 0 Å². The van der Waals surface area contributed by atoms with Gasteiger partial charge in [0.2, 0.25) is 0 Å². The Morgan fingerprint density at radius 2 is 1.63 bits per heavy atom. The largest absolute Gasteiger partial charge is 0.508 e. The fraction of sp³-hybridized carbons (Fsp3) is 0.0800. The Bertz CT molecular complexity index is 1420. The number of phenolic OH excluding ortho intramolecular Hbond substituents is 1. The van der Waals surface area contributed by atoms with Crippen molar-refractivity contribution in [1.29, 1.82) is 0 Å². The molecule has 0 amide bonds. The molecule has 0 radical (unpaired) electrons. The minimum atomic E-state index is -0.128. The predicted molar refractivity (Wildman–Crippen MR) is 119 cm³/mol. The molecule has 30 heavy (non-hydrogen) atoms. The van der Waals surface area contributed by atoms with Gasteiger partial charge in [0.1, 0.15) is 5.75 Å². The first-order valence-electron chi connectivity index (χ1n) is 9.82. The molecule has 0 bridgehead atoms. The zero-order valence-electron chi connectivity index (χ0n) is 16.2. The van der Waals surface area contributed by atoms with Crippen molar-refractivity contribution in [3.05, 3.63) is 101 Å². The predicted octanol–water partition coefficient (Wildman–Crippen LogP) is 4.56. The number of aromatic nitrogens is 3. The average molecular weight is 393 g/mol. The molecule has 5 aromatic rings. The molecule has 0 aliphatic carbocycles. The maximum Gasteiger partial charge on any atom is 0.275 e. The van der Waals surface area contributed by atoms with E-state index in [1.54, 1.807) is 18.3 Å². The molecule has 5 nitrogen and oxygen atoms in total. The van der Waals surface area contributed by atoms with Crippen LogP contribution in [0, 0.1) is 0 Å². The van der Waals surface area contributed by atoms with Gasteiger partial charge in [0.05, 0.1) is 23.6 Å². The standard InChI is InChI=1S/C25H19N3O2/c29-21-12-9-17(10-13-21)22-6-3-5-19-16-26-28(25(30)24(19)22)15-14-20-11-8-18-4-1-2-7-23(18)27-20/h1-13,16,29H,14-15H2. The smallest absolute Gasteiger partial charge is 0.275 e. The van der Waals surface area contributed by atoms with E-state index in [1.807, 2.05) is 60.7 Å². The van der Waals surface area contributed by atoms with Crippen LogP contribution in [-0.2, 0) is 13.0 Å². The normalized spacial score (nSPS) is 11.2. The van der Waals surface area contributed by atoms with Crippen LogP contribution in [0.25, 0.3) is 32.8 Å². The van der Waals surface area contributed by atoms with Crippen LogP contribution in [0.1, 0.15) is 5.69 Å². The molecule has 5 rings (SSSR count). The molecule has 1 N–H and O–H groups in total. The third kappa shape index (κ3) is 3.31. The zero-order valence-corrected chi connectivity index (χ0v) is 16.2. The van der Waals surface area contributed by atoms with Crippen LogP contribution in [0.5, 0.6) is 5.75 Å². The van der Waals surface area contributed by atoms with Gasteiger partial charge in [-0.05, 0) is 35.4 Å². The highest BCUT2D eigenvalue weighted by molar-refractivity contribution is 5.95. The van der Waals surface area contributed by atoms with Crippen molar-refractivity contribution in [2.45, 2.75) is 13.0 Å². The summed E-state index contributed by atoms with van der Waals surface area (Å²) in [5, 5.41) is 16.5. The summed E-state index contributed by atoms with van der Waals surface area (Å²) in [6, 6.07) is 24.6. The van der Waals surface area contributed by atoms with Crippen LogP contribution in [0.15, 0.2) is 89.9 Å². The Labute approximate surface area is 172 Å². The number of benzene rings is 3. The third-order valence-electron chi connectivity index (χ3n) is 5.30. The van der Waals surface area contributed by atoms with Gasteiger partial charge < -0.3 is 5.11 Å². The Kier molecular flexibility index (Phi) is 4.48. The second-order valence-electron chi connectivity index (χ2n) is 7.23. The lowest BCUT2D eigenvalue weighted by molar-refractivity contribution is 0.475. The molecule has 0 fully saturated rings. The van der Waals surface area contributed by atoms with E-state index in [1.165, 1.54) is 4.68 Å². The van der Waals surface area contributed by atoms with E-state index in [-0.39, 0.29) is 11.3 Å². The topological polar surface area (TPSA) is 68.0 Å². The van der Waals surface area contributed by atoms with Gasteiger partial charge in [-0.2, -0.15) is 5.10 Å². The number of aromatic hydroxyl groups is 1. The van der Waals surface area contributed by atoms with Crippen molar-refractivity contribution >= 4 is 21.7 Å². The summed E-state index contributed by atoms with van der Waals surface area (Å²) >= 11 is 0.